The molecule has 1 saturated carbocycles. The van der Waals surface area contributed by atoms with Crippen LogP contribution < -0.4 is 16.8 Å². The quantitative estimate of drug-likeness (QED) is 0.230. The normalized spacial score (nSPS) is 17.0. The number of hydrogen-bond acceptors (Lipinski definition) is 6. The Labute approximate surface area is 190 Å². The molecule has 1 radical (unpaired) electrons. The van der Waals surface area contributed by atoms with E-state index in [-0.39, 0.29) is 30.5 Å². The number of hydrogen-bond donors (Lipinski definition) is 4. The van der Waals surface area contributed by atoms with Gasteiger partial charge in [0.05, 0.1) is 11.6 Å². The highest BCUT2D eigenvalue weighted by atomic mass is 79.9. The van der Waals surface area contributed by atoms with E-state index in [9.17, 15) is 14.4 Å². The molecule has 1 aliphatic rings. The largest absolute Gasteiger partial charge is 0.370 e. The van der Waals surface area contributed by atoms with Crippen molar-refractivity contribution in [1.29, 1.82) is 5.41 Å². The van der Waals surface area contributed by atoms with Crippen LogP contribution in [-0.4, -0.2) is 52.6 Å². The van der Waals surface area contributed by atoms with Crippen molar-refractivity contribution in [3.8, 4) is 0 Å². The van der Waals surface area contributed by atoms with E-state index in [1.165, 1.54) is 11.1 Å². The third kappa shape index (κ3) is 5.58. The number of nitrogens with two attached hydrogens (primary N) is 2. The summed E-state index contributed by atoms with van der Waals surface area (Å²) >= 11 is 3.35. The van der Waals surface area contributed by atoms with Crippen LogP contribution in [-0.2, 0) is 19.9 Å². The molecule has 6 N–H and O–H groups in total. The summed E-state index contributed by atoms with van der Waals surface area (Å²) in [5, 5.41) is 9.96. The number of nitrogens with one attached hydrogen (secondary N) is 2. The summed E-state index contributed by atoms with van der Waals surface area (Å²) in [5.74, 6) is 1.15. The van der Waals surface area contributed by atoms with Gasteiger partial charge in [-0.1, -0.05) is 19.3 Å². The van der Waals surface area contributed by atoms with E-state index in [1.54, 1.807) is 19.2 Å². The first kappa shape index (κ1) is 24.7. The molecule has 1 aliphatic carbocycles. The number of aromatic nitrogens is 1. The number of guanidine groups is 1. The van der Waals surface area contributed by atoms with Crippen LogP contribution in [0.1, 0.15) is 51.0 Å². The molecule has 0 aliphatic heterocycles. The third-order valence-corrected chi connectivity index (χ3v) is 5.88. The van der Waals surface area contributed by atoms with Crippen LogP contribution in [0.3, 0.4) is 0 Å². The molecule has 1 aromatic rings. The van der Waals surface area contributed by atoms with Crippen molar-refractivity contribution in [2.24, 2.45) is 11.5 Å². The molecular weight excluding hydrogens is 464 g/mol. The summed E-state index contributed by atoms with van der Waals surface area (Å²) in [6, 6.07) is 0.451. The minimum absolute atomic E-state index is 0.00396. The topological polar surface area (TPSA) is 155 Å². The van der Waals surface area contributed by atoms with Crippen molar-refractivity contribution in [2.45, 2.75) is 63.1 Å². The summed E-state index contributed by atoms with van der Waals surface area (Å²) in [7, 11) is 0. The van der Waals surface area contributed by atoms with Gasteiger partial charge in [0.1, 0.15) is 5.94 Å². The van der Waals surface area contributed by atoms with Gasteiger partial charge in [0, 0.05) is 35.0 Å². The minimum atomic E-state index is -1.84. The number of halogens is 1. The van der Waals surface area contributed by atoms with Crippen LogP contribution in [0.25, 0.3) is 0 Å². The van der Waals surface area contributed by atoms with Crippen LogP contribution in [0, 0.1) is 5.41 Å². The van der Waals surface area contributed by atoms with Crippen LogP contribution >= 0.6 is 15.9 Å². The zero-order valence-corrected chi connectivity index (χ0v) is 19.1. The fourth-order valence-electron chi connectivity index (χ4n) is 4.04. The van der Waals surface area contributed by atoms with E-state index < -0.39 is 17.5 Å². The highest BCUT2D eigenvalue weighted by molar-refractivity contribution is 9.10. The number of carbonyl (C=O) groups is 1. The smallest absolute Gasteiger partial charge is 0.240 e. The average Bonchev–Trinajstić information content (AvgIpc) is 2.75. The van der Waals surface area contributed by atoms with E-state index in [4.69, 9.17) is 16.9 Å². The van der Waals surface area contributed by atoms with Gasteiger partial charge in [0.25, 0.3) is 0 Å². The Morgan fingerprint density at radius 3 is 2.58 bits per heavy atom. The van der Waals surface area contributed by atoms with Crippen molar-refractivity contribution >= 4 is 40.0 Å². The molecule has 0 spiro atoms. The molecule has 9 nitrogen and oxygen atoms in total. The van der Waals surface area contributed by atoms with Gasteiger partial charge in [0.2, 0.25) is 12.2 Å². The van der Waals surface area contributed by atoms with E-state index >= 15 is 0 Å². The second kappa shape index (κ2) is 11.2. The van der Waals surface area contributed by atoms with E-state index in [2.05, 4.69) is 26.2 Å². The molecule has 0 bridgehead atoms. The van der Waals surface area contributed by atoms with Gasteiger partial charge in [-0.05, 0) is 48.2 Å². The lowest BCUT2D eigenvalue weighted by atomic mass is 9.78. The van der Waals surface area contributed by atoms with Crippen molar-refractivity contribution in [3.63, 3.8) is 0 Å². The van der Waals surface area contributed by atoms with Gasteiger partial charge in [-0.25, -0.2) is 4.79 Å². The van der Waals surface area contributed by atoms with Gasteiger partial charge < -0.3 is 21.7 Å². The molecule has 0 aromatic carbocycles. The molecule has 1 fully saturated rings. The Hall–Kier alpha value is -2.55. The maximum atomic E-state index is 13.4. The summed E-state index contributed by atoms with van der Waals surface area (Å²) in [4.78, 5) is 43.9. The van der Waals surface area contributed by atoms with Gasteiger partial charge in [0.15, 0.2) is 11.5 Å². The molecule has 10 heteroatoms. The monoisotopic (exact) mass is 491 g/mol. The number of pyridine rings is 1. The SMILES string of the molecule is C[C@H](N)C(=O)N(C1CCCCC1)[C@]([C]=O)(C(=C=O)CCNC(=N)N)c1cncc(Br)c1. The van der Waals surface area contributed by atoms with Crippen molar-refractivity contribution in [2.75, 3.05) is 6.54 Å². The summed E-state index contributed by atoms with van der Waals surface area (Å²) in [5.41, 5.74) is 9.79. The number of amides is 1. The first-order valence-electron chi connectivity index (χ1n) is 10.2. The highest BCUT2D eigenvalue weighted by Crippen LogP contribution is 2.40. The molecule has 1 heterocycles. The molecule has 2 atom stereocenters. The lowest BCUT2D eigenvalue weighted by Gasteiger charge is -2.46. The van der Waals surface area contributed by atoms with Crippen LogP contribution in [0.4, 0.5) is 0 Å². The lowest BCUT2D eigenvalue weighted by molar-refractivity contribution is -0.139. The van der Waals surface area contributed by atoms with E-state index in [0.717, 1.165) is 19.3 Å². The summed E-state index contributed by atoms with van der Waals surface area (Å²) in [6.45, 7) is 1.66. The van der Waals surface area contributed by atoms with E-state index in [1.807, 2.05) is 12.2 Å². The Balaban J connectivity index is 2.72. The zero-order valence-electron chi connectivity index (χ0n) is 17.5. The zero-order chi connectivity index (χ0) is 23.0. The predicted octanol–water partition coefficient (Wildman–Crippen LogP) is 1.29. The summed E-state index contributed by atoms with van der Waals surface area (Å²) < 4.78 is 0.577. The van der Waals surface area contributed by atoms with Gasteiger partial charge >= 0.3 is 0 Å². The Morgan fingerprint density at radius 1 is 1.39 bits per heavy atom. The number of rotatable bonds is 9. The van der Waals surface area contributed by atoms with Crippen LogP contribution in [0.2, 0.25) is 0 Å². The Bertz CT molecular complexity index is 864. The molecule has 0 saturated heterocycles. The van der Waals surface area contributed by atoms with Crippen LogP contribution in [0.5, 0.6) is 0 Å². The number of nitrogens with zero attached hydrogens (tertiary/aromatic N) is 2. The fraction of sp³-hybridized carbons (Fsp3) is 0.524. The van der Waals surface area contributed by atoms with Crippen molar-refractivity contribution < 1.29 is 14.4 Å². The lowest BCUT2D eigenvalue weighted by Crippen LogP contribution is -2.60. The maximum Gasteiger partial charge on any atom is 0.240 e. The van der Waals surface area contributed by atoms with Crippen LogP contribution in [0.15, 0.2) is 28.5 Å². The molecular formula is C21H28BrN6O3. The first-order chi connectivity index (χ1) is 14.8. The Kier molecular flexibility index (Phi) is 8.91. The first-order valence-corrected chi connectivity index (χ1v) is 11.0. The van der Waals surface area contributed by atoms with E-state index in [0.29, 0.717) is 22.9 Å². The second-order valence-corrected chi connectivity index (χ2v) is 8.58. The average molecular weight is 492 g/mol. The molecule has 2 rings (SSSR count). The molecule has 1 amide bonds. The molecule has 167 valence electrons. The van der Waals surface area contributed by atoms with Crippen molar-refractivity contribution in [1.82, 2.24) is 15.2 Å². The van der Waals surface area contributed by atoms with Gasteiger partial charge in [-0.3, -0.25) is 20.0 Å². The summed E-state index contributed by atoms with van der Waals surface area (Å²) in [6.07, 6.45) is 9.19. The fourth-order valence-corrected chi connectivity index (χ4v) is 4.41. The number of carbonyl (C=O) groups excluding carboxylic acids is 3. The highest BCUT2D eigenvalue weighted by Gasteiger charge is 2.50. The Morgan fingerprint density at radius 2 is 2.06 bits per heavy atom. The van der Waals surface area contributed by atoms with Gasteiger partial charge in [-0.2, -0.15) is 0 Å². The maximum absolute atomic E-state index is 13.4. The molecule has 1 aromatic heterocycles. The van der Waals surface area contributed by atoms with Crippen molar-refractivity contribution in [3.05, 3.63) is 34.1 Å². The molecule has 0 unspecified atom stereocenters. The van der Waals surface area contributed by atoms with Gasteiger partial charge in [-0.15, -0.1) is 0 Å². The third-order valence-electron chi connectivity index (χ3n) is 5.45. The predicted molar refractivity (Wildman–Crippen MR) is 120 cm³/mol. The molecule has 31 heavy (non-hydrogen) atoms. The standard InChI is InChI=1S/C21H28BrN6O3/c1-14(23)19(31)28(18-5-3-2-4-6-18)21(13-30,16-9-17(22)11-26-10-16)15(12-29)7-8-27-20(24)25/h9-11,14,18H,2-8,23H2,1H3,(H4,24,25,27)/t14-,21+/m0/s1. The minimum Gasteiger partial charge on any atom is -0.370 e. The second-order valence-electron chi connectivity index (χ2n) is 7.66.